The third-order valence-corrected chi connectivity index (χ3v) is 3.77. The maximum atomic E-state index is 12.3. The van der Waals surface area contributed by atoms with Gasteiger partial charge in [-0.15, -0.1) is 0 Å². The highest BCUT2D eigenvalue weighted by Gasteiger charge is 2.32. The van der Waals surface area contributed by atoms with E-state index in [9.17, 15) is 4.79 Å². The molecule has 0 fully saturated rings. The summed E-state index contributed by atoms with van der Waals surface area (Å²) in [5, 5.41) is 8.61. The first-order valence-corrected chi connectivity index (χ1v) is 7.92. The molecule has 0 aliphatic heterocycles. The van der Waals surface area contributed by atoms with Crippen LogP contribution < -0.4 is 0 Å². The predicted octanol–water partition coefficient (Wildman–Crippen LogP) is 3.15. The third-order valence-electron chi connectivity index (χ3n) is 3.77. The first-order chi connectivity index (χ1) is 10.5. The Morgan fingerprint density at radius 1 is 1.18 bits per heavy atom. The third kappa shape index (κ3) is 6.16. The molecule has 1 rings (SSSR count). The number of carbonyl (C=O) groups excluding carboxylic acids is 1. The molecular formula is C18H28O4. The summed E-state index contributed by atoms with van der Waals surface area (Å²) in [5.74, 6) is 0.142. The molecule has 0 aliphatic carbocycles. The van der Waals surface area contributed by atoms with Crippen molar-refractivity contribution in [2.24, 2.45) is 5.41 Å². The van der Waals surface area contributed by atoms with Crippen molar-refractivity contribution in [1.82, 2.24) is 0 Å². The van der Waals surface area contributed by atoms with Gasteiger partial charge in [-0.25, -0.2) is 0 Å². The van der Waals surface area contributed by atoms with Gasteiger partial charge >= 0.3 is 5.97 Å². The maximum Gasteiger partial charge on any atom is 0.311 e. The normalized spacial score (nSPS) is 12.9. The zero-order valence-electron chi connectivity index (χ0n) is 13.9. The minimum Gasteiger partial charge on any atom is -0.463 e. The molecule has 1 atom stereocenters. The molecular weight excluding hydrogens is 280 g/mol. The van der Waals surface area contributed by atoms with Crippen LogP contribution >= 0.6 is 0 Å². The topological polar surface area (TPSA) is 55.8 Å². The van der Waals surface area contributed by atoms with Gasteiger partial charge in [0.25, 0.3) is 0 Å². The van der Waals surface area contributed by atoms with Gasteiger partial charge in [0.05, 0.1) is 25.2 Å². The number of aliphatic hydroxyl groups is 1. The number of carbonyl (C=O) groups is 1. The highest BCUT2D eigenvalue weighted by molar-refractivity contribution is 5.76. The first kappa shape index (κ1) is 18.7. The summed E-state index contributed by atoms with van der Waals surface area (Å²) in [7, 11) is 0. The fourth-order valence-corrected chi connectivity index (χ4v) is 2.48. The molecule has 124 valence electrons. The molecule has 4 heteroatoms. The highest BCUT2D eigenvalue weighted by atomic mass is 16.6. The van der Waals surface area contributed by atoms with E-state index in [0.717, 1.165) is 12.8 Å². The smallest absolute Gasteiger partial charge is 0.311 e. The lowest BCUT2D eigenvalue weighted by Crippen LogP contribution is -2.29. The van der Waals surface area contributed by atoms with Crippen LogP contribution in [0.2, 0.25) is 0 Å². The Morgan fingerprint density at radius 3 is 2.45 bits per heavy atom. The van der Waals surface area contributed by atoms with Crippen LogP contribution in [-0.2, 0) is 14.3 Å². The summed E-state index contributed by atoms with van der Waals surface area (Å²) in [4.78, 5) is 12.3. The van der Waals surface area contributed by atoms with E-state index in [2.05, 4.69) is 19.1 Å². The lowest BCUT2D eigenvalue weighted by Gasteiger charge is -2.27. The van der Waals surface area contributed by atoms with Crippen molar-refractivity contribution in [2.45, 2.75) is 39.5 Å². The molecule has 1 aromatic carbocycles. The number of benzene rings is 1. The predicted molar refractivity (Wildman–Crippen MR) is 86.7 cm³/mol. The maximum absolute atomic E-state index is 12.3. The molecule has 0 aromatic heterocycles. The second-order valence-electron chi connectivity index (χ2n) is 6.08. The molecule has 0 saturated heterocycles. The minimum absolute atomic E-state index is 0.0192. The molecule has 4 nitrogen and oxygen atoms in total. The Morgan fingerprint density at radius 2 is 1.86 bits per heavy atom. The van der Waals surface area contributed by atoms with E-state index in [1.807, 2.05) is 32.0 Å². The molecule has 1 N–H and O–H groups in total. The van der Waals surface area contributed by atoms with E-state index in [1.165, 1.54) is 5.56 Å². The van der Waals surface area contributed by atoms with Crippen molar-refractivity contribution in [1.29, 1.82) is 0 Å². The zero-order chi connectivity index (χ0) is 16.4. The number of ether oxygens (including phenoxy) is 2. The van der Waals surface area contributed by atoms with Gasteiger partial charge in [0.2, 0.25) is 0 Å². The number of rotatable bonds is 10. The lowest BCUT2D eigenvalue weighted by molar-refractivity contribution is -0.156. The number of esters is 1. The van der Waals surface area contributed by atoms with Gasteiger partial charge in [-0.1, -0.05) is 37.3 Å². The Labute approximate surface area is 133 Å². The fraction of sp³-hybridized carbons (Fsp3) is 0.611. The molecule has 0 spiro atoms. The largest absolute Gasteiger partial charge is 0.463 e. The van der Waals surface area contributed by atoms with Crippen LogP contribution in [0, 0.1) is 5.41 Å². The van der Waals surface area contributed by atoms with Crippen LogP contribution in [0.4, 0.5) is 0 Å². The quantitative estimate of drug-likeness (QED) is 0.533. The molecule has 0 saturated carbocycles. The van der Waals surface area contributed by atoms with Crippen LogP contribution in [0.15, 0.2) is 30.3 Å². The second-order valence-corrected chi connectivity index (χ2v) is 6.08. The highest BCUT2D eigenvalue weighted by Crippen LogP contribution is 2.34. The van der Waals surface area contributed by atoms with Crippen LogP contribution in [0.25, 0.3) is 0 Å². The van der Waals surface area contributed by atoms with Crippen LogP contribution in [0.3, 0.4) is 0 Å². The molecule has 0 bridgehead atoms. The number of aliphatic hydroxyl groups excluding tert-OH is 1. The fourth-order valence-electron chi connectivity index (χ4n) is 2.48. The van der Waals surface area contributed by atoms with Gasteiger partial charge in [0.1, 0.15) is 6.61 Å². The van der Waals surface area contributed by atoms with Crippen molar-refractivity contribution >= 4 is 5.97 Å². The average molecular weight is 308 g/mol. The summed E-state index contributed by atoms with van der Waals surface area (Å²) in [6.07, 6.45) is 1.74. The monoisotopic (exact) mass is 308 g/mol. The van der Waals surface area contributed by atoms with Gasteiger partial charge in [-0.2, -0.15) is 0 Å². The van der Waals surface area contributed by atoms with E-state index < -0.39 is 5.41 Å². The van der Waals surface area contributed by atoms with Gasteiger partial charge in [-0.05, 0) is 38.2 Å². The Bertz CT molecular complexity index is 428. The molecule has 0 aliphatic rings. The van der Waals surface area contributed by atoms with Crippen LogP contribution in [0.5, 0.6) is 0 Å². The van der Waals surface area contributed by atoms with Crippen molar-refractivity contribution in [3.8, 4) is 0 Å². The van der Waals surface area contributed by atoms with Gasteiger partial charge in [-0.3, -0.25) is 4.79 Å². The Balaban J connectivity index is 2.51. The summed E-state index contributed by atoms with van der Waals surface area (Å²) >= 11 is 0. The van der Waals surface area contributed by atoms with Crippen LogP contribution in [-0.4, -0.2) is 37.5 Å². The SMILES string of the molecule is CCC(CC(C)(C)C(=O)OCCOCCO)c1ccccc1. The second kappa shape index (κ2) is 9.59. The zero-order valence-corrected chi connectivity index (χ0v) is 13.9. The molecule has 22 heavy (non-hydrogen) atoms. The standard InChI is InChI=1S/C18H28O4/c1-4-15(16-8-6-5-7-9-16)14-18(2,3)17(20)22-13-12-21-11-10-19/h5-9,15,19H,4,10-14H2,1-3H3. The number of hydrogen-bond donors (Lipinski definition) is 1. The summed E-state index contributed by atoms with van der Waals surface area (Å²) < 4.78 is 10.4. The van der Waals surface area contributed by atoms with Gasteiger partial charge in [0.15, 0.2) is 0 Å². The van der Waals surface area contributed by atoms with E-state index in [4.69, 9.17) is 14.6 Å². The summed E-state index contributed by atoms with van der Waals surface area (Å²) in [5.41, 5.74) is 0.727. The molecule has 0 heterocycles. The Hall–Kier alpha value is -1.39. The van der Waals surface area contributed by atoms with E-state index >= 15 is 0 Å². The summed E-state index contributed by atoms with van der Waals surface area (Å²) in [6.45, 7) is 6.79. The minimum atomic E-state index is -0.534. The Kier molecular flexibility index (Phi) is 8.13. The molecule has 0 radical (unpaired) electrons. The summed E-state index contributed by atoms with van der Waals surface area (Å²) in [6, 6.07) is 10.3. The molecule has 1 aromatic rings. The van der Waals surface area contributed by atoms with E-state index in [0.29, 0.717) is 12.5 Å². The van der Waals surface area contributed by atoms with Crippen molar-refractivity contribution in [3.05, 3.63) is 35.9 Å². The van der Waals surface area contributed by atoms with Crippen molar-refractivity contribution < 1.29 is 19.4 Å². The van der Waals surface area contributed by atoms with Gasteiger partial charge in [0, 0.05) is 0 Å². The number of hydrogen-bond acceptors (Lipinski definition) is 4. The molecule has 1 unspecified atom stereocenters. The van der Waals surface area contributed by atoms with Crippen molar-refractivity contribution in [2.75, 3.05) is 26.4 Å². The molecule has 0 amide bonds. The van der Waals surface area contributed by atoms with Crippen molar-refractivity contribution in [3.63, 3.8) is 0 Å². The van der Waals surface area contributed by atoms with E-state index in [-0.39, 0.29) is 25.8 Å². The average Bonchev–Trinajstić information content (AvgIpc) is 2.53. The van der Waals surface area contributed by atoms with Gasteiger partial charge < -0.3 is 14.6 Å². The van der Waals surface area contributed by atoms with Crippen LogP contribution in [0.1, 0.15) is 45.1 Å². The van der Waals surface area contributed by atoms with E-state index in [1.54, 1.807) is 0 Å². The lowest BCUT2D eigenvalue weighted by atomic mass is 9.79. The first-order valence-electron chi connectivity index (χ1n) is 7.92.